The number of hydrogen-bond acceptors (Lipinski definition) is 4. The Hall–Kier alpha value is -4.54. The van der Waals surface area contributed by atoms with E-state index in [1.807, 2.05) is 6.07 Å². The predicted molar refractivity (Wildman–Crippen MR) is 142 cm³/mol. The van der Waals surface area contributed by atoms with Crippen molar-refractivity contribution < 1.29 is 44.8 Å². The number of benzene rings is 2. The van der Waals surface area contributed by atoms with Gasteiger partial charge in [-0.25, -0.2) is 13.2 Å². The largest absolute Gasteiger partial charge is 0.416 e. The maximum absolute atomic E-state index is 15.4. The topological polar surface area (TPSA) is 107 Å². The molecular formula is C29H25F6N5O3. The summed E-state index contributed by atoms with van der Waals surface area (Å²) in [5.41, 5.74) is -6.03. The average molecular weight is 609 g/mol. The van der Waals surface area contributed by atoms with E-state index in [4.69, 9.17) is 4.11 Å². The number of amides is 3. The number of aromatic nitrogens is 1. The second-order valence-corrected chi connectivity index (χ2v) is 11.2. The van der Waals surface area contributed by atoms with Gasteiger partial charge in [0.25, 0.3) is 5.91 Å². The van der Waals surface area contributed by atoms with E-state index in [0.29, 0.717) is 6.07 Å². The Balaban J connectivity index is 1.65. The third-order valence-corrected chi connectivity index (χ3v) is 7.83. The van der Waals surface area contributed by atoms with Gasteiger partial charge in [-0.2, -0.15) is 18.4 Å². The van der Waals surface area contributed by atoms with Crippen LogP contribution in [0.5, 0.6) is 0 Å². The van der Waals surface area contributed by atoms with Gasteiger partial charge in [-0.05, 0) is 43.7 Å². The normalized spacial score (nSPS) is 22.0. The Morgan fingerprint density at radius 1 is 1.21 bits per heavy atom. The van der Waals surface area contributed by atoms with Gasteiger partial charge in [0.2, 0.25) is 11.8 Å². The summed E-state index contributed by atoms with van der Waals surface area (Å²) in [7, 11) is 0. The minimum Gasteiger partial charge on any atom is -0.354 e. The first kappa shape index (κ1) is 26.1. The van der Waals surface area contributed by atoms with Gasteiger partial charge < -0.3 is 20.1 Å². The molecule has 3 heterocycles. The molecule has 226 valence electrons. The fraction of sp³-hybridized carbons (Fsp3) is 0.379. The molecule has 1 spiro atoms. The number of fused-ring (bicyclic) bond motifs is 3. The number of carbonyl (C=O) groups excluding carboxylic acids is 3. The standard InChI is InChI=1S/C29H25F6N5O3/c1-27(2,32)11-23(40-21-8-15(30)7-19(31)17(21)9-22(40)24(41)37-3)25(42)39-13-28(10-16(39)12-36)18-5-4-14(29(33,34)35)6-20(18)38-26(28)43/h4-9,16,23H,10-11,13H2,1-3H3,(H,37,41)(H,38,43)/t16-,23-,28-/m0/s1/i3D3. The molecule has 14 heteroatoms. The second-order valence-electron chi connectivity index (χ2n) is 11.2. The molecule has 0 aliphatic carbocycles. The summed E-state index contributed by atoms with van der Waals surface area (Å²) in [6, 6.07) is 3.38. The molecule has 3 aromatic rings. The molecule has 43 heavy (non-hydrogen) atoms. The molecule has 1 fully saturated rings. The molecular weight excluding hydrogens is 580 g/mol. The monoisotopic (exact) mass is 608 g/mol. The van der Waals surface area contributed by atoms with Crippen LogP contribution < -0.4 is 10.6 Å². The van der Waals surface area contributed by atoms with E-state index in [0.717, 1.165) is 53.6 Å². The fourth-order valence-corrected chi connectivity index (χ4v) is 5.98. The third-order valence-electron chi connectivity index (χ3n) is 7.83. The van der Waals surface area contributed by atoms with Crippen molar-refractivity contribution in [2.45, 2.75) is 56.0 Å². The maximum Gasteiger partial charge on any atom is 0.416 e. The van der Waals surface area contributed by atoms with Crippen LogP contribution in [0.1, 0.15) is 58.5 Å². The predicted octanol–water partition coefficient (Wildman–Crippen LogP) is 4.99. The number of likely N-dealkylation sites (tertiary alicyclic amines) is 1. The molecule has 0 bridgehead atoms. The van der Waals surface area contributed by atoms with Gasteiger partial charge >= 0.3 is 6.18 Å². The summed E-state index contributed by atoms with van der Waals surface area (Å²) >= 11 is 0. The maximum atomic E-state index is 15.4. The minimum atomic E-state index is -4.73. The number of nitrogens with zero attached hydrogens (tertiary/aromatic N) is 3. The minimum absolute atomic E-state index is 0.0942. The lowest BCUT2D eigenvalue weighted by Gasteiger charge is -2.31. The van der Waals surface area contributed by atoms with Crippen LogP contribution in [0.15, 0.2) is 36.4 Å². The molecule has 5 rings (SSSR count). The molecule has 1 aromatic heterocycles. The molecule has 0 saturated carbocycles. The molecule has 3 atom stereocenters. The van der Waals surface area contributed by atoms with Gasteiger partial charge in [-0.15, -0.1) is 0 Å². The Morgan fingerprint density at radius 2 is 1.93 bits per heavy atom. The van der Waals surface area contributed by atoms with Crippen LogP contribution in [-0.4, -0.2) is 52.4 Å². The highest BCUT2D eigenvalue weighted by Crippen LogP contribution is 2.48. The highest BCUT2D eigenvalue weighted by Gasteiger charge is 2.57. The lowest BCUT2D eigenvalue weighted by atomic mass is 9.79. The van der Waals surface area contributed by atoms with Crippen LogP contribution in [0.3, 0.4) is 0 Å². The van der Waals surface area contributed by atoms with Gasteiger partial charge in [0.1, 0.15) is 35.1 Å². The number of hydrogen-bond donors (Lipinski definition) is 2. The van der Waals surface area contributed by atoms with E-state index < -0.39 is 101 Å². The molecule has 2 aliphatic heterocycles. The zero-order valence-electron chi connectivity index (χ0n) is 25.6. The average Bonchev–Trinajstić information content (AvgIpc) is 3.57. The Kier molecular flexibility index (Phi) is 6.09. The smallest absolute Gasteiger partial charge is 0.354 e. The first-order chi connectivity index (χ1) is 21.1. The molecule has 0 unspecified atom stereocenters. The zero-order valence-corrected chi connectivity index (χ0v) is 22.6. The van der Waals surface area contributed by atoms with Gasteiger partial charge in [-0.3, -0.25) is 14.4 Å². The van der Waals surface area contributed by atoms with E-state index in [9.17, 15) is 41.6 Å². The number of alkyl halides is 4. The lowest BCUT2D eigenvalue weighted by molar-refractivity contribution is -0.137. The van der Waals surface area contributed by atoms with Gasteiger partial charge in [0, 0.05) is 47.6 Å². The fourth-order valence-electron chi connectivity index (χ4n) is 5.98. The van der Waals surface area contributed by atoms with Crippen LogP contribution >= 0.6 is 0 Å². The van der Waals surface area contributed by atoms with Gasteiger partial charge in [0.15, 0.2) is 0 Å². The molecule has 0 radical (unpaired) electrons. The summed E-state index contributed by atoms with van der Waals surface area (Å²) in [6.45, 7) is -1.44. The van der Waals surface area contributed by atoms with E-state index >= 15 is 4.39 Å². The van der Waals surface area contributed by atoms with Crippen molar-refractivity contribution >= 4 is 34.3 Å². The van der Waals surface area contributed by atoms with E-state index in [1.165, 1.54) is 0 Å². The van der Waals surface area contributed by atoms with E-state index in [2.05, 4.69) is 5.32 Å². The number of rotatable bonds is 5. The van der Waals surface area contributed by atoms with Crippen molar-refractivity contribution in [1.82, 2.24) is 14.8 Å². The molecule has 3 amide bonds. The zero-order chi connectivity index (χ0) is 34.1. The summed E-state index contributed by atoms with van der Waals surface area (Å²) in [4.78, 5) is 41.8. The number of nitrogens with one attached hydrogen (secondary N) is 2. The first-order valence-corrected chi connectivity index (χ1v) is 12.9. The van der Waals surface area contributed by atoms with E-state index in [-0.39, 0.29) is 17.7 Å². The van der Waals surface area contributed by atoms with Crippen molar-refractivity contribution in [2.24, 2.45) is 0 Å². The second kappa shape index (κ2) is 10.0. The summed E-state index contributed by atoms with van der Waals surface area (Å²) in [6.07, 6.45) is -5.83. The van der Waals surface area contributed by atoms with Crippen LogP contribution in [0, 0.1) is 23.0 Å². The molecule has 2 N–H and O–H groups in total. The number of carbonyl (C=O) groups is 3. The Morgan fingerprint density at radius 3 is 2.56 bits per heavy atom. The Bertz CT molecular complexity index is 1830. The molecule has 1 saturated heterocycles. The molecule has 2 aliphatic rings. The highest BCUT2D eigenvalue weighted by molar-refractivity contribution is 6.07. The number of nitriles is 1. The molecule has 2 aromatic carbocycles. The van der Waals surface area contributed by atoms with Crippen molar-refractivity contribution in [3.8, 4) is 6.07 Å². The third kappa shape index (κ3) is 4.96. The van der Waals surface area contributed by atoms with Crippen molar-refractivity contribution in [3.63, 3.8) is 0 Å². The van der Waals surface area contributed by atoms with Crippen LogP contribution in [-0.2, 0) is 21.2 Å². The van der Waals surface area contributed by atoms with Gasteiger partial charge in [0.05, 0.1) is 22.6 Å². The van der Waals surface area contributed by atoms with Crippen molar-refractivity contribution in [3.05, 3.63) is 64.9 Å². The van der Waals surface area contributed by atoms with E-state index in [1.54, 1.807) is 5.32 Å². The summed E-state index contributed by atoms with van der Waals surface area (Å²) in [5.74, 6) is -5.48. The SMILES string of the molecule is [2H]C([2H])([2H])NC(=O)c1cc2c(F)cc(F)cc2n1[C@@H](CC(C)(C)F)C(=O)N1C[C@]2(C[C@H]1C#N)C(=O)Nc1cc(C(F)(F)F)ccc12. The quantitative estimate of drug-likeness (QED) is 0.398. The highest BCUT2D eigenvalue weighted by atomic mass is 19.4. The van der Waals surface area contributed by atoms with Crippen LogP contribution in [0.4, 0.5) is 32.0 Å². The number of anilines is 1. The Labute approximate surface area is 245 Å². The van der Waals surface area contributed by atoms with Crippen LogP contribution in [0.25, 0.3) is 10.9 Å². The van der Waals surface area contributed by atoms with Crippen molar-refractivity contribution in [2.75, 3.05) is 18.8 Å². The lowest BCUT2D eigenvalue weighted by Crippen LogP contribution is -2.44. The van der Waals surface area contributed by atoms with Crippen molar-refractivity contribution in [1.29, 1.82) is 5.26 Å². The molecule has 8 nitrogen and oxygen atoms in total. The van der Waals surface area contributed by atoms with Crippen LogP contribution in [0.2, 0.25) is 0 Å². The summed E-state index contributed by atoms with van der Waals surface area (Å²) < 4.78 is 108. The van der Waals surface area contributed by atoms with Gasteiger partial charge in [-0.1, -0.05) is 6.07 Å². The number of halogens is 6. The first-order valence-electron chi connectivity index (χ1n) is 14.4. The summed E-state index contributed by atoms with van der Waals surface area (Å²) in [5, 5.41) is 13.7.